The van der Waals surface area contributed by atoms with Gasteiger partial charge < -0.3 is 16.8 Å². The number of hydrogen-bond donors (Lipinski definition) is 3. The van der Waals surface area contributed by atoms with Crippen molar-refractivity contribution in [3.63, 3.8) is 0 Å². The van der Waals surface area contributed by atoms with E-state index in [1.165, 1.54) is 12.1 Å². The molecule has 100 valence electrons. The largest absolute Gasteiger partial charge is 0.382 e. The van der Waals surface area contributed by atoms with E-state index in [0.29, 0.717) is 18.0 Å². The third-order valence-corrected chi connectivity index (χ3v) is 3.37. The Morgan fingerprint density at radius 3 is 2.95 bits per heavy atom. The number of nitrogen functional groups attached to an aromatic ring is 1. The highest BCUT2D eigenvalue weighted by Crippen LogP contribution is 2.25. The molecular weight excluding hydrogens is 267 g/mol. The third-order valence-electron chi connectivity index (χ3n) is 2.55. The van der Waals surface area contributed by atoms with Crippen LogP contribution in [0.3, 0.4) is 0 Å². The van der Waals surface area contributed by atoms with Crippen LogP contribution in [0.1, 0.15) is 15.9 Å². The number of nitrogens with one attached hydrogen (secondary N) is 1. The van der Waals surface area contributed by atoms with Gasteiger partial charge in [0.15, 0.2) is 5.82 Å². The number of nitrogens with two attached hydrogens (primary N) is 2. The zero-order chi connectivity index (χ0) is 13.8. The van der Waals surface area contributed by atoms with Gasteiger partial charge in [-0.1, -0.05) is 12.1 Å². The lowest BCUT2D eigenvalue weighted by Crippen LogP contribution is -2.15. The first-order valence-corrected chi connectivity index (χ1v) is 6.38. The Hall–Kier alpha value is -2.15. The third kappa shape index (κ3) is 3.19. The molecule has 1 amide bonds. The number of rotatable bonds is 5. The number of primary amides is 1. The number of hydrogen-bond acceptors (Lipinski definition) is 5. The Morgan fingerprint density at radius 1 is 1.47 bits per heavy atom. The van der Waals surface area contributed by atoms with Gasteiger partial charge in [0.2, 0.25) is 0 Å². The topological polar surface area (TPSA) is 94.0 Å². The zero-order valence-electron chi connectivity index (χ0n) is 10.0. The standard InChI is InChI=1S/C12H13FN4OS/c13-8-3-1-2-7(6-8)4-5-16-12-9(11(15)18)10(14)17-19-12/h1-3,6,16H,4-5H2,(H2,14,17)(H2,15,18). The van der Waals surface area contributed by atoms with Crippen LogP contribution < -0.4 is 16.8 Å². The Balaban J connectivity index is 1.98. The maximum absolute atomic E-state index is 13.0. The van der Waals surface area contributed by atoms with Gasteiger partial charge in [-0.05, 0) is 35.6 Å². The van der Waals surface area contributed by atoms with Gasteiger partial charge in [-0.25, -0.2) is 4.39 Å². The van der Waals surface area contributed by atoms with Crippen LogP contribution in [-0.2, 0) is 6.42 Å². The minimum atomic E-state index is -0.612. The predicted molar refractivity (Wildman–Crippen MR) is 73.6 cm³/mol. The van der Waals surface area contributed by atoms with E-state index < -0.39 is 5.91 Å². The molecule has 2 rings (SSSR count). The van der Waals surface area contributed by atoms with E-state index in [-0.39, 0.29) is 17.2 Å². The molecule has 0 saturated heterocycles. The summed E-state index contributed by atoms with van der Waals surface area (Å²) in [6, 6.07) is 6.36. The number of halogens is 1. The Labute approximate surface area is 113 Å². The second-order valence-electron chi connectivity index (χ2n) is 3.94. The first-order valence-electron chi connectivity index (χ1n) is 5.61. The maximum atomic E-state index is 13.0. The maximum Gasteiger partial charge on any atom is 0.255 e. The van der Waals surface area contributed by atoms with Crippen LogP contribution in [0.5, 0.6) is 0 Å². The molecule has 7 heteroatoms. The molecule has 0 saturated carbocycles. The van der Waals surface area contributed by atoms with E-state index in [9.17, 15) is 9.18 Å². The smallest absolute Gasteiger partial charge is 0.255 e. The van der Waals surface area contributed by atoms with E-state index in [2.05, 4.69) is 9.69 Å². The highest BCUT2D eigenvalue weighted by Gasteiger charge is 2.16. The van der Waals surface area contributed by atoms with Gasteiger partial charge in [-0.2, -0.15) is 4.37 Å². The molecule has 2 aromatic rings. The van der Waals surface area contributed by atoms with Crippen molar-refractivity contribution in [2.45, 2.75) is 6.42 Å². The first kappa shape index (κ1) is 13.3. The molecule has 0 radical (unpaired) electrons. The van der Waals surface area contributed by atoms with Crippen molar-refractivity contribution >= 4 is 28.3 Å². The number of benzene rings is 1. The van der Waals surface area contributed by atoms with Crippen LogP contribution in [0.2, 0.25) is 0 Å². The van der Waals surface area contributed by atoms with Gasteiger partial charge in [0.25, 0.3) is 5.91 Å². The lowest BCUT2D eigenvalue weighted by atomic mass is 10.1. The molecule has 0 aliphatic rings. The van der Waals surface area contributed by atoms with Gasteiger partial charge >= 0.3 is 0 Å². The first-order chi connectivity index (χ1) is 9.08. The van der Waals surface area contributed by atoms with Crippen molar-refractivity contribution in [1.82, 2.24) is 4.37 Å². The summed E-state index contributed by atoms with van der Waals surface area (Å²) in [5, 5.41) is 3.58. The molecule has 0 spiro atoms. The summed E-state index contributed by atoms with van der Waals surface area (Å²) in [5.74, 6) is -0.748. The van der Waals surface area contributed by atoms with E-state index in [4.69, 9.17) is 11.5 Å². The number of amides is 1. The second kappa shape index (κ2) is 5.66. The molecule has 19 heavy (non-hydrogen) atoms. The van der Waals surface area contributed by atoms with Crippen molar-refractivity contribution in [1.29, 1.82) is 0 Å². The summed E-state index contributed by atoms with van der Waals surface area (Å²) < 4.78 is 16.9. The van der Waals surface area contributed by atoms with Crippen LogP contribution in [0.4, 0.5) is 15.2 Å². The van der Waals surface area contributed by atoms with Crippen LogP contribution in [0.15, 0.2) is 24.3 Å². The Morgan fingerprint density at radius 2 is 2.26 bits per heavy atom. The van der Waals surface area contributed by atoms with Gasteiger partial charge in [0.05, 0.1) is 0 Å². The molecule has 0 bridgehead atoms. The highest BCUT2D eigenvalue weighted by molar-refractivity contribution is 7.11. The molecule has 0 atom stereocenters. The molecule has 5 N–H and O–H groups in total. The SMILES string of the molecule is NC(=O)c1c(N)nsc1NCCc1cccc(F)c1. The average Bonchev–Trinajstić information content (AvgIpc) is 2.71. The fourth-order valence-corrected chi connectivity index (χ4v) is 2.42. The van der Waals surface area contributed by atoms with Gasteiger partial charge in [-0.15, -0.1) is 0 Å². The number of anilines is 2. The van der Waals surface area contributed by atoms with Crippen molar-refractivity contribution in [3.05, 3.63) is 41.2 Å². The zero-order valence-corrected chi connectivity index (χ0v) is 10.8. The summed E-state index contributed by atoms with van der Waals surface area (Å²) in [6.07, 6.45) is 0.619. The molecule has 1 aromatic heterocycles. The van der Waals surface area contributed by atoms with Gasteiger partial charge in [0, 0.05) is 6.54 Å². The predicted octanol–water partition coefficient (Wildman–Crippen LogP) is 1.62. The Bertz CT molecular complexity index is 599. The molecule has 5 nitrogen and oxygen atoms in total. The average molecular weight is 280 g/mol. The Kier molecular flexibility index (Phi) is 3.96. The van der Waals surface area contributed by atoms with Crippen LogP contribution >= 0.6 is 11.5 Å². The molecule has 0 aliphatic heterocycles. The summed E-state index contributed by atoms with van der Waals surface area (Å²) in [7, 11) is 0. The number of aromatic nitrogens is 1. The highest BCUT2D eigenvalue weighted by atomic mass is 32.1. The van der Waals surface area contributed by atoms with Crippen molar-refractivity contribution in [2.75, 3.05) is 17.6 Å². The number of carbonyl (C=O) groups is 1. The quantitative estimate of drug-likeness (QED) is 0.775. The monoisotopic (exact) mass is 280 g/mol. The summed E-state index contributed by atoms with van der Waals surface area (Å²) in [4.78, 5) is 11.2. The van der Waals surface area contributed by atoms with E-state index >= 15 is 0 Å². The lowest BCUT2D eigenvalue weighted by molar-refractivity contribution is 0.100. The molecule has 0 fully saturated rings. The van der Waals surface area contributed by atoms with E-state index in [1.54, 1.807) is 6.07 Å². The second-order valence-corrected chi connectivity index (χ2v) is 4.72. The fourth-order valence-electron chi connectivity index (χ4n) is 1.67. The summed E-state index contributed by atoms with van der Waals surface area (Å²) in [5.41, 5.74) is 11.9. The molecule has 0 unspecified atom stereocenters. The van der Waals surface area contributed by atoms with Crippen LogP contribution in [0, 0.1) is 5.82 Å². The van der Waals surface area contributed by atoms with Crippen molar-refractivity contribution in [3.8, 4) is 0 Å². The van der Waals surface area contributed by atoms with E-state index in [0.717, 1.165) is 17.1 Å². The van der Waals surface area contributed by atoms with Crippen LogP contribution in [0.25, 0.3) is 0 Å². The summed E-state index contributed by atoms with van der Waals surface area (Å²) in [6.45, 7) is 0.533. The summed E-state index contributed by atoms with van der Waals surface area (Å²) >= 11 is 1.08. The minimum absolute atomic E-state index is 0.130. The van der Waals surface area contributed by atoms with E-state index in [1.807, 2.05) is 6.07 Å². The molecule has 1 aromatic carbocycles. The van der Waals surface area contributed by atoms with Gasteiger partial charge in [-0.3, -0.25) is 4.79 Å². The fraction of sp³-hybridized carbons (Fsp3) is 0.167. The molecule has 1 heterocycles. The number of nitrogens with zero attached hydrogens (tertiary/aromatic N) is 1. The van der Waals surface area contributed by atoms with Crippen molar-refractivity contribution in [2.24, 2.45) is 5.73 Å². The van der Waals surface area contributed by atoms with Crippen LogP contribution in [-0.4, -0.2) is 16.8 Å². The lowest BCUT2D eigenvalue weighted by Gasteiger charge is -2.05. The number of carbonyl (C=O) groups excluding carboxylic acids is 1. The normalized spacial score (nSPS) is 10.4. The van der Waals surface area contributed by atoms with Gasteiger partial charge in [0.1, 0.15) is 16.4 Å². The van der Waals surface area contributed by atoms with Crippen molar-refractivity contribution < 1.29 is 9.18 Å². The molecule has 0 aliphatic carbocycles. The molecular formula is C12H13FN4OS. The minimum Gasteiger partial charge on any atom is -0.382 e.